The fraction of sp³-hybridized carbons (Fsp3) is 0.231. The van der Waals surface area contributed by atoms with Crippen LogP contribution in [0.3, 0.4) is 0 Å². The second-order valence-corrected chi connectivity index (χ2v) is 3.68. The van der Waals surface area contributed by atoms with Crippen LogP contribution in [0.2, 0.25) is 0 Å². The molecule has 4 nitrogen and oxygen atoms in total. The Morgan fingerprint density at radius 3 is 2.82 bits per heavy atom. The van der Waals surface area contributed by atoms with Crippen molar-refractivity contribution < 1.29 is 18.7 Å². The van der Waals surface area contributed by atoms with Gasteiger partial charge in [-0.05, 0) is 37.6 Å². The largest absolute Gasteiger partial charge is 0.464 e. The quantitative estimate of drug-likeness (QED) is 0.463. The number of carbonyl (C=O) groups excluding carboxylic acids is 2. The predicted molar refractivity (Wildman–Crippen MR) is 61.9 cm³/mol. The molecule has 0 atom stereocenters. The van der Waals surface area contributed by atoms with Gasteiger partial charge in [0.05, 0.1) is 12.9 Å². The molecule has 0 aliphatic carbocycles. The Morgan fingerprint density at radius 1 is 1.35 bits per heavy atom. The van der Waals surface area contributed by atoms with Gasteiger partial charge in [0.15, 0.2) is 0 Å². The van der Waals surface area contributed by atoms with Crippen LogP contribution in [0.1, 0.15) is 22.8 Å². The fourth-order valence-corrected chi connectivity index (χ4v) is 1.61. The van der Waals surface area contributed by atoms with Crippen molar-refractivity contribution in [2.45, 2.75) is 13.8 Å². The smallest absolute Gasteiger partial charge is 0.379 e. The summed E-state index contributed by atoms with van der Waals surface area (Å²) in [6.45, 7) is 3.73. The van der Waals surface area contributed by atoms with Gasteiger partial charge in [0.25, 0.3) is 5.78 Å². The maximum absolute atomic E-state index is 11.7. The van der Waals surface area contributed by atoms with Crippen molar-refractivity contribution in [3.8, 4) is 0 Å². The molecule has 2 aromatic rings. The van der Waals surface area contributed by atoms with E-state index in [4.69, 9.17) is 4.42 Å². The van der Waals surface area contributed by atoms with Crippen molar-refractivity contribution in [3.63, 3.8) is 0 Å². The molecule has 0 spiro atoms. The molecule has 0 aliphatic rings. The first-order valence-corrected chi connectivity index (χ1v) is 5.32. The molecule has 0 unspecified atom stereocenters. The summed E-state index contributed by atoms with van der Waals surface area (Å²) in [6, 6.07) is 4.88. The zero-order valence-corrected chi connectivity index (χ0v) is 9.65. The third-order valence-electron chi connectivity index (χ3n) is 2.49. The van der Waals surface area contributed by atoms with Gasteiger partial charge in [0.1, 0.15) is 5.58 Å². The lowest BCUT2D eigenvalue weighted by Crippen LogP contribution is -2.17. The van der Waals surface area contributed by atoms with Gasteiger partial charge >= 0.3 is 5.97 Å². The molecule has 0 saturated heterocycles. The number of esters is 1. The van der Waals surface area contributed by atoms with Crippen LogP contribution in [-0.4, -0.2) is 18.4 Å². The standard InChI is InChI=1S/C13H12O4/c1-3-16-13(15)12(14)9-4-5-11-10(6-9)8(2)7-17-11/h4-7H,3H2,1-2H3. The lowest BCUT2D eigenvalue weighted by atomic mass is 10.1. The number of carbonyl (C=O) groups is 2. The Morgan fingerprint density at radius 2 is 2.12 bits per heavy atom. The number of fused-ring (bicyclic) bond motifs is 1. The van der Waals surface area contributed by atoms with Gasteiger partial charge in [-0.1, -0.05) is 0 Å². The number of Topliss-reactive ketones (excluding diaryl/α,β-unsaturated/α-hetero) is 1. The summed E-state index contributed by atoms with van der Waals surface area (Å²) in [7, 11) is 0. The van der Waals surface area contributed by atoms with E-state index in [0.717, 1.165) is 10.9 Å². The number of benzene rings is 1. The molecular weight excluding hydrogens is 220 g/mol. The fourth-order valence-electron chi connectivity index (χ4n) is 1.61. The van der Waals surface area contributed by atoms with Crippen molar-refractivity contribution in [1.29, 1.82) is 0 Å². The summed E-state index contributed by atoms with van der Waals surface area (Å²) in [6.07, 6.45) is 1.61. The van der Waals surface area contributed by atoms with Gasteiger partial charge in [-0.2, -0.15) is 0 Å². The van der Waals surface area contributed by atoms with E-state index in [-0.39, 0.29) is 6.61 Å². The Balaban J connectivity index is 2.39. The third kappa shape index (κ3) is 2.06. The Kier molecular flexibility index (Phi) is 2.95. The van der Waals surface area contributed by atoms with Crippen molar-refractivity contribution in [1.82, 2.24) is 0 Å². The third-order valence-corrected chi connectivity index (χ3v) is 2.49. The summed E-state index contributed by atoms with van der Waals surface area (Å²) in [5.74, 6) is -1.46. The Labute approximate surface area is 98.2 Å². The number of ketones is 1. The van der Waals surface area contributed by atoms with E-state index in [1.54, 1.807) is 31.4 Å². The van der Waals surface area contributed by atoms with Crippen LogP contribution in [0.5, 0.6) is 0 Å². The highest BCUT2D eigenvalue weighted by molar-refractivity contribution is 6.40. The molecule has 4 heteroatoms. The molecule has 0 amide bonds. The normalized spacial score (nSPS) is 10.5. The number of hydrogen-bond donors (Lipinski definition) is 0. The van der Waals surface area contributed by atoms with E-state index >= 15 is 0 Å². The first-order valence-electron chi connectivity index (χ1n) is 5.32. The topological polar surface area (TPSA) is 56.5 Å². The molecule has 1 aromatic carbocycles. The SMILES string of the molecule is CCOC(=O)C(=O)c1ccc2occ(C)c2c1. The van der Waals surface area contributed by atoms with E-state index in [9.17, 15) is 9.59 Å². The second kappa shape index (κ2) is 4.41. The lowest BCUT2D eigenvalue weighted by molar-refractivity contribution is -0.137. The predicted octanol–water partition coefficient (Wildman–Crippen LogP) is 2.49. The van der Waals surface area contributed by atoms with Gasteiger partial charge in [-0.25, -0.2) is 4.79 Å². The first-order chi connectivity index (χ1) is 8.13. The molecule has 17 heavy (non-hydrogen) atoms. The maximum atomic E-state index is 11.7. The molecule has 0 saturated carbocycles. The Hall–Kier alpha value is -2.10. The van der Waals surface area contributed by atoms with Crippen LogP contribution in [0.4, 0.5) is 0 Å². The molecule has 0 radical (unpaired) electrons. The zero-order valence-electron chi connectivity index (χ0n) is 9.65. The highest BCUT2D eigenvalue weighted by atomic mass is 16.5. The molecule has 1 aromatic heterocycles. The Bertz CT molecular complexity index is 580. The number of aryl methyl sites for hydroxylation is 1. The van der Waals surface area contributed by atoms with Crippen LogP contribution in [-0.2, 0) is 9.53 Å². The molecule has 0 aliphatic heterocycles. The summed E-state index contributed by atoms with van der Waals surface area (Å²) in [5.41, 5.74) is 1.95. The van der Waals surface area contributed by atoms with Crippen LogP contribution in [0.15, 0.2) is 28.9 Å². The zero-order chi connectivity index (χ0) is 12.4. The second-order valence-electron chi connectivity index (χ2n) is 3.68. The summed E-state index contributed by atoms with van der Waals surface area (Å²) in [5, 5.41) is 0.833. The minimum atomic E-state index is -0.826. The van der Waals surface area contributed by atoms with Gasteiger partial charge < -0.3 is 9.15 Å². The molecule has 1 heterocycles. The lowest BCUT2D eigenvalue weighted by Gasteiger charge is -2.01. The van der Waals surface area contributed by atoms with Crippen molar-refractivity contribution in [2.75, 3.05) is 6.61 Å². The van der Waals surface area contributed by atoms with Crippen molar-refractivity contribution in [2.24, 2.45) is 0 Å². The van der Waals surface area contributed by atoms with Crippen molar-refractivity contribution in [3.05, 3.63) is 35.6 Å². The highest BCUT2D eigenvalue weighted by Gasteiger charge is 2.18. The maximum Gasteiger partial charge on any atom is 0.379 e. The highest BCUT2D eigenvalue weighted by Crippen LogP contribution is 2.21. The van der Waals surface area contributed by atoms with E-state index in [0.29, 0.717) is 11.1 Å². The van der Waals surface area contributed by atoms with E-state index < -0.39 is 11.8 Å². The molecule has 88 valence electrons. The van der Waals surface area contributed by atoms with Gasteiger partial charge in [-0.15, -0.1) is 0 Å². The average molecular weight is 232 g/mol. The minimum absolute atomic E-state index is 0.192. The van der Waals surface area contributed by atoms with E-state index in [2.05, 4.69) is 4.74 Å². The molecule has 0 N–H and O–H groups in total. The van der Waals surface area contributed by atoms with Gasteiger partial charge in [-0.3, -0.25) is 4.79 Å². The van der Waals surface area contributed by atoms with Crippen LogP contribution in [0, 0.1) is 6.92 Å². The first kappa shape index (κ1) is 11.4. The number of hydrogen-bond acceptors (Lipinski definition) is 4. The molecule has 0 bridgehead atoms. The monoisotopic (exact) mass is 232 g/mol. The van der Waals surface area contributed by atoms with Crippen LogP contribution < -0.4 is 0 Å². The van der Waals surface area contributed by atoms with Gasteiger partial charge in [0, 0.05) is 10.9 Å². The molecule has 2 rings (SSSR count). The van der Waals surface area contributed by atoms with Crippen molar-refractivity contribution >= 4 is 22.7 Å². The summed E-state index contributed by atoms with van der Waals surface area (Å²) in [4.78, 5) is 23.0. The van der Waals surface area contributed by atoms with Gasteiger partial charge in [0.2, 0.25) is 0 Å². The van der Waals surface area contributed by atoms with E-state index in [1.807, 2.05) is 6.92 Å². The number of furan rings is 1. The van der Waals surface area contributed by atoms with Crippen LogP contribution in [0.25, 0.3) is 11.0 Å². The van der Waals surface area contributed by atoms with E-state index in [1.165, 1.54) is 0 Å². The average Bonchev–Trinajstić information content (AvgIpc) is 2.70. The minimum Gasteiger partial charge on any atom is -0.464 e. The summed E-state index contributed by atoms with van der Waals surface area (Å²) < 4.78 is 9.93. The summed E-state index contributed by atoms with van der Waals surface area (Å²) >= 11 is 0. The number of ether oxygens (including phenoxy) is 1. The molecule has 0 fully saturated rings. The van der Waals surface area contributed by atoms with Crippen LogP contribution >= 0.6 is 0 Å². The number of rotatable bonds is 3. The molecular formula is C13H12O4.